The third-order valence-corrected chi connectivity index (χ3v) is 5.18. The average molecular weight is 731 g/mol. The molecule has 29 heteroatoms. The largest absolute Gasteiger partial charge is 0.460 e. The summed E-state index contributed by atoms with van der Waals surface area (Å²) >= 11 is 0. The van der Waals surface area contributed by atoms with Crippen molar-refractivity contribution < 1.29 is 123 Å². The van der Waals surface area contributed by atoms with Crippen molar-refractivity contribution in [2.45, 2.75) is 77.2 Å². The standard InChI is InChI=1S/C15H5F28N/c1-44(43)2-3(16,17)4(18,19)5(20,21)6(22,23)7(24,25)8(26,27)9(28,29)10(30,31)11(32,33)12(34,35)13(36,37)14(38,39)15(40,41)42/h2H2,1H3. The van der Waals surface area contributed by atoms with E-state index in [1.807, 2.05) is 0 Å². The molecule has 0 aromatic carbocycles. The van der Waals surface area contributed by atoms with Crippen molar-refractivity contribution in [1.29, 1.82) is 0 Å². The van der Waals surface area contributed by atoms with Crippen molar-refractivity contribution in [3.05, 3.63) is 0 Å². The molecule has 266 valence electrons. The van der Waals surface area contributed by atoms with Gasteiger partial charge in [0, 0.05) is 7.05 Å². The van der Waals surface area contributed by atoms with Crippen LogP contribution in [0.2, 0.25) is 0 Å². The molecule has 0 rings (SSSR count). The normalized spacial score (nSPS) is 17.0. The van der Waals surface area contributed by atoms with Crippen LogP contribution in [0.25, 0.3) is 0 Å². The van der Waals surface area contributed by atoms with Gasteiger partial charge in [0.15, 0.2) is 0 Å². The topological polar surface area (TPSA) is 3.24 Å². The van der Waals surface area contributed by atoms with Crippen LogP contribution in [0.5, 0.6) is 0 Å². The molecule has 44 heavy (non-hydrogen) atoms. The molecule has 0 radical (unpaired) electrons. The minimum absolute atomic E-state index is 0.435. The fourth-order valence-corrected chi connectivity index (χ4v) is 2.56. The lowest BCUT2D eigenvalue weighted by molar-refractivity contribution is -0.485. The van der Waals surface area contributed by atoms with Gasteiger partial charge in [-0.15, -0.1) is 9.60 Å². The van der Waals surface area contributed by atoms with E-state index in [4.69, 9.17) is 0 Å². The highest BCUT2D eigenvalue weighted by molar-refractivity contribution is 5.20. The number of rotatable bonds is 13. The lowest BCUT2D eigenvalue weighted by Crippen LogP contribution is -2.79. The van der Waals surface area contributed by atoms with E-state index >= 15 is 0 Å². The summed E-state index contributed by atoms with van der Waals surface area (Å²) < 4.78 is 370. The van der Waals surface area contributed by atoms with Crippen LogP contribution in [-0.2, 0) is 0 Å². The zero-order chi connectivity index (χ0) is 36.8. The molecule has 0 unspecified atom stereocenters. The maximum absolute atomic E-state index is 13.6. The van der Waals surface area contributed by atoms with E-state index in [-0.39, 0.29) is 0 Å². The van der Waals surface area contributed by atoms with Crippen LogP contribution in [0.4, 0.5) is 123 Å². The SMILES string of the molecule is CN(F)CC(F)(F)C(F)(F)C(F)(F)C(F)(F)C(F)(F)C(F)(F)C(F)(F)C(F)(F)C(F)(F)C(F)(F)C(F)(F)C(F)(F)C(F)(F)F. The summed E-state index contributed by atoms with van der Waals surface area (Å²) in [6.45, 7) is -3.58. The van der Waals surface area contributed by atoms with Crippen LogP contribution in [0.3, 0.4) is 0 Å². The molecule has 0 heterocycles. The summed E-state index contributed by atoms with van der Waals surface area (Å²) in [4.78, 5) is 0. The minimum Gasteiger partial charge on any atom is -0.198 e. The van der Waals surface area contributed by atoms with Crippen molar-refractivity contribution in [1.82, 2.24) is 5.12 Å². The Morgan fingerprint density at radius 2 is 0.455 bits per heavy atom. The molecule has 0 aromatic heterocycles. The van der Waals surface area contributed by atoms with Gasteiger partial charge in [-0.1, -0.05) is 0 Å². The van der Waals surface area contributed by atoms with Gasteiger partial charge >= 0.3 is 77.2 Å². The van der Waals surface area contributed by atoms with E-state index in [0.717, 1.165) is 0 Å². The second kappa shape index (κ2) is 10.2. The van der Waals surface area contributed by atoms with Crippen molar-refractivity contribution in [2.24, 2.45) is 0 Å². The Bertz CT molecular complexity index is 1030. The van der Waals surface area contributed by atoms with E-state index in [0.29, 0.717) is 0 Å². The Labute approximate surface area is 220 Å². The van der Waals surface area contributed by atoms with Crippen molar-refractivity contribution in [2.75, 3.05) is 13.6 Å². The second-order valence-electron chi connectivity index (χ2n) is 8.28. The number of hydrogen-bond acceptors (Lipinski definition) is 1. The Morgan fingerprint density at radius 1 is 0.295 bits per heavy atom. The first-order valence-electron chi connectivity index (χ1n) is 9.39. The summed E-state index contributed by atoms with van der Waals surface area (Å²) in [6, 6.07) is 0. The van der Waals surface area contributed by atoms with Crippen LogP contribution in [-0.4, -0.2) is 96.0 Å². The first-order chi connectivity index (χ1) is 18.4. The van der Waals surface area contributed by atoms with Gasteiger partial charge in [0.2, 0.25) is 0 Å². The number of alkyl halides is 27. The van der Waals surface area contributed by atoms with Gasteiger partial charge < -0.3 is 0 Å². The quantitative estimate of drug-likeness (QED) is 0.135. The molecular weight excluding hydrogens is 726 g/mol. The molecule has 0 fully saturated rings. The first kappa shape index (κ1) is 42.0. The fraction of sp³-hybridized carbons (Fsp3) is 1.00. The average Bonchev–Trinajstić information content (AvgIpc) is 2.75. The molecule has 0 saturated carbocycles. The molecule has 0 aliphatic rings. The van der Waals surface area contributed by atoms with Crippen LogP contribution in [0.15, 0.2) is 0 Å². The molecular formula is C15H5F28N. The highest BCUT2D eigenvalue weighted by atomic mass is 19.4. The van der Waals surface area contributed by atoms with Gasteiger partial charge in [-0.25, -0.2) is 0 Å². The van der Waals surface area contributed by atoms with Gasteiger partial charge in [0.1, 0.15) is 0 Å². The minimum atomic E-state index is -9.81. The maximum Gasteiger partial charge on any atom is 0.460 e. The lowest BCUT2D eigenvalue weighted by Gasteiger charge is -2.46. The summed E-state index contributed by atoms with van der Waals surface area (Å²) in [7, 11) is -0.435. The van der Waals surface area contributed by atoms with Crippen LogP contribution >= 0.6 is 0 Å². The number of nitrogens with zero attached hydrogens (tertiary/aromatic N) is 1. The summed E-state index contributed by atoms with van der Waals surface area (Å²) in [6.07, 6.45) is -8.25. The van der Waals surface area contributed by atoms with Gasteiger partial charge in [-0.2, -0.15) is 119 Å². The van der Waals surface area contributed by atoms with Gasteiger partial charge in [-0.3, -0.25) is 0 Å². The molecule has 0 aliphatic heterocycles. The molecule has 0 amide bonds. The molecule has 1 nitrogen and oxygen atoms in total. The Balaban J connectivity index is 7.43. The molecule has 0 bridgehead atoms. The van der Waals surface area contributed by atoms with E-state index in [9.17, 15) is 123 Å². The molecule has 0 atom stereocenters. The van der Waals surface area contributed by atoms with Crippen LogP contribution < -0.4 is 0 Å². The smallest absolute Gasteiger partial charge is 0.198 e. The van der Waals surface area contributed by atoms with Crippen molar-refractivity contribution >= 4 is 0 Å². The van der Waals surface area contributed by atoms with Gasteiger partial charge in [-0.05, 0) is 0 Å². The summed E-state index contributed by atoms with van der Waals surface area (Å²) in [5.41, 5.74) is 0. The number of hydrogen-bond donors (Lipinski definition) is 0. The predicted octanol–water partition coefficient (Wildman–Crippen LogP) is 8.99. The zero-order valence-corrected chi connectivity index (χ0v) is 19.2. The summed E-state index contributed by atoms with van der Waals surface area (Å²) in [5, 5.41) is -1.83. The molecule has 0 aliphatic carbocycles. The monoisotopic (exact) mass is 731 g/mol. The van der Waals surface area contributed by atoms with E-state index in [2.05, 4.69) is 0 Å². The highest BCUT2D eigenvalue weighted by Gasteiger charge is 3.00. The van der Waals surface area contributed by atoms with Crippen molar-refractivity contribution in [3.63, 3.8) is 0 Å². The molecule has 0 aromatic rings. The molecule has 0 saturated heterocycles. The van der Waals surface area contributed by atoms with Crippen molar-refractivity contribution in [3.8, 4) is 0 Å². The third kappa shape index (κ3) is 4.94. The second-order valence-corrected chi connectivity index (χ2v) is 8.28. The lowest BCUT2D eigenvalue weighted by atomic mass is 9.84. The predicted molar refractivity (Wildman–Crippen MR) is 79.2 cm³/mol. The Kier molecular flexibility index (Phi) is 9.78. The molecule has 0 spiro atoms. The van der Waals surface area contributed by atoms with Gasteiger partial charge in [0.05, 0.1) is 6.54 Å². The zero-order valence-electron chi connectivity index (χ0n) is 19.2. The highest BCUT2D eigenvalue weighted by Crippen LogP contribution is 2.68. The van der Waals surface area contributed by atoms with E-state index in [1.54, 1.807) is 0 Å². The first-order valence-corrected chi connectivity index (χ1v) is 9.39. The summed E-state index contributed by atoms with van der Waals surface area (Å²) in [5.74, 6) is -110. The molecule has 0 N–H and O–H groups in total. The van der Waals surface area contributed by atoms with Crippen LogP contribution in [0, 0.1) is 0 Å². The van der Waals surface area contributed by atoms with Crippen LogP contribution in [0.1, 0.15) is 0 Å². The van der Waals surface area contributed by atoms with E-state index < -0.39 is 96.0 Å². The number of halogens is 28. The maximum atomic E-state index is 13.6. The van der Waals surface area contributed by atoms with E-state index in [1.165, 1.54) is 0 Å². The fourth-order valence-electron chi connectivity index (χ4n) is 2.56. The Morgan fingerprint density at radius 3 is 0.614 bits per heavy atom. The van der Waals surface area contributed by atoms with Gasteiger partial charge in [0.25, 0.3) is 0 Å². The Hall–Kier alpha value is -2.00. The third-order valence-electron chi connectivity index (χ3n) is 5.18.